The van der Waals surface area contributed by atoms with E-state index in [-0.39, 0.29) is 0 Å². The van der Waals surface area contributed by atoms with Crippen LogP contribution in [0.5, 0.6) is 0 Å². The van der Waals surface area contributed by atoms with Crippen molar-refractivity contribution in [2.75, 3.05) is 39.3 Å². The zero-order chi connectivity index (χ0) is 14.5. The maximum atomic E-state index is 5.72. The van der Waals surface area contributed by atoms with Crippen molar-refractivity contribution in [3.63, 3.8) is 0 Å². The molecule has 3 nitrogen and oxygen atoms in total. The molecule has 2 fully saturated rings. The first-order valence-corrected chi connectivity index (χ1v) is 8.41. The van der Waals surface area contributed by atoms with Gasteiger partial charge in [-0.05, 0) is 31.7 Å². The van der Waals surface area contributed by atoms with Gasteiger partial charge in [0.1, 0.15) is 0 Å². The molecule has 0 spiro atoms. The Morgan fingerprint density at radius 2 is 1.95 bits per heavy atom. The molecule has 0 aromatic heterocycles. The Labute approximate surface area is 128 Å². The number of rotatable bonds is 5. The molecule has 3 rings (SSSR count). The fourth-order valence-electron chi connectivity index (χ4n) is 3.44. The van der Waals surface area contributed by atoms with Crippen LogP contribution in [0.1, 0.15) is 30.4 Å². The topological polar surface area (TPSA) is 15.7 Å². The third-order valence-corrected chi connectivity index (χ3v) is 4.74. The molecule has 3 heteroatoms. The SMILES string of the molecule is Cc1cccc(CN2CCN(CC[C@@H]3CCCO3)CC2)c1. The Hall–Kier alpha value is -0.900. The minimum absolute atomic E-state index is 0.537. The second kappa shape index (κ2) is 7.39. The monoisotopic (exact) mass is 288 g/mol. The van der Waals surface area contributed by atoms with Crippen molar-refractivity contribution < 1.29 is 4.74 Å². The highest BCUT2D eigenvalue weighted by Crippen LogP contribution is 2.16. The van der Waals surface area contributed by atoms with Gasteiger partial charge in [-0.1, -0.05) is 29.8 Å². The lowest BCUT2D eigenvalue weighted by Gasteiger charge is -2.35. The summed E-state index contributed by atoms with van der Waals surface area (Å²) in [6.45, 7) is 10.3. The molecular weight excluding hydrogens is 260 g/mol. The maximum absolute atomic E-state index is 5.72. The second-order valence-electron chi connectivity index (χ2n) is 6.53. The highest BCUT2D eigenvalue weighted by Gasteiger charge is 2.20. The van der Waals surface area contributed by atoms with Gasteiger partial charge in [0.2, 0.25) is 0 Å². The van der Waals surface area contributed by atoms with Crippen LogP contribution in [0, 0.1) is 6.92 Å². The van der Waals surface area contributed by atoms with E-state index >= 15 is 0 Å². The van der Waals surface area contributed by atoms with Gasteiger partial charge in [0.05, 0.1) is 6.10 Å². The number of aryl methyl sites for hydroxylation is 1. The van der Waals surface area contributed by atoms with E-state index in [1.54, 1.807) is 0 Å². The van der Waals surface area contributed by atoms with E-state index in [1.165, 1.54) is 63.1 Å². The van der Waals surface area contributed by atoms with E-state index in [0.29, 0.717) is 6.10 Å². The molecule has 21 heavy (non-hydrogen) atoms. The molecule has 0 N–H and O–H groups in total. The van der Waals surface area contributed by atoms with E-state index in [2.05, 4.69) is 41.0 Å². The highest BCUT2D eigenvalue weighted by molar-refractivity contribution is 5.22. The minimum atomic E-state index is 0.537. The molecule has 1 aromatic rings. The molecule has 2 aliphatic heterocycles. The molecule has 0 amide bonds. The molecule has 0 unspecified atom stereocenters. The summed E-state index contributed by atoms with van der Waals surface area (Å²) in [5.41, 5.74) is 2.81. The van der Waals surface area contributed by atoms with Crippen LogP contribution in [0.15, 0.2) is 24.3 Å². The van der Waals surface area contributed by atoms with Crippen molar-refractivity contribution in [2.45, 2.75) is 38.8 Å². The predicted molar refractivity (Wildman–Crippen MR) is 86.5 cm³/mol. The summed E-state index contributed by atoms with van der Waals surface area (Å²) in [6.07, 6.45) is 4.29. The van der Waals surface area contributed by atoms with Crippen molar-refractivity contribution in [3.8, 4) is 0 Å². The smallest absolute Gasteiger partial charge is 0.0588 e. The van der Waals surface area contributed by atoms with Crippen molar-refractivity contribution in [1.82, 2.24) is 9.80 Å². The molecule has 2 heterocycles. The van der Waals surface area contributed by atoms with Crippen molar-refractivity contribution >= 4 is 0 Å². The van der Waals surface area contributed by atoms with Crippen LogP contribution in [0.3, 0.4) is 0 Å². The molecule has 2 saturated heterocycles. The van der Waals surface area contributed by atoms with Gasteiger partial charge in [-0.25, -0.2) is 0 Å². The van der Waals surface area contributed by atoms with Gasteiger partial charge in [-0.15, -0.1) is 0 Å². The van der Waals surface area contributed by atoms with Crippen molar-refractivity contribution in [3.05, 3.63) is 35.4 Å². The molecule has 0 saturated carbocycles. The largest absolute Gasteiger partial charge is 0.378 e. The lowest BCUT2D eigenvalue weighted by molar-refractivity contribution is 0.0762. The van der Waals surface area contributed by atoms with E-state index in [9.17, 15) is 0 Å². The summed E-state index contributed by atoms with van der Waals surface area (Å²) in [7, 11) is 0. The van der Waals surface area contributed by atoms with Gasteiger partial charge in [0.15, 0.2) is 0 Å². The van der Waals surface area contributed by atoms with Gasteiger partial charge >= 0.3 is 0 Å². The number of ether oxygens (including phenoxy) is 1. The van der Waals surface area contributed by atoms with E-state index in [1.807, 2.05) is 0 Å². The Kier molecular flexibility index (Phi) is 5.28. The number of hydrogen-bond donors (Lipinski definition) is 0. The van der Waals surface area contributed by atoms with Crippen molar-refractivity contribution in [2.24, 2.45) is 0 Å². The lowest BCUT2D eigenvalue weighted by atomic mass is 10.1. The second-order valence-corrected chi connectivity index (χ2v) is 6.53. The third-order valence-electron chi connectivity index (χ3n) is 4.74. The summed E-state index contributed by atoms with van der Waals surface area (Å²) in [5.74, 6) is 0. The molecule has 116 valence electrons. The quantitative estimate of drug-likeness (QED) is 0.828. The molecular formula is C18H28N2O. The Morgan fingerprint density at radius 1 is 1.14 bits per heavy atom. The van der Waals surface area contributed by atoms with Crippen LogP contribution in [0.2, 0.25) is 0 Å². The number of nitrogens with zero attached hydrogens (tertiary/aromatic N) is 2. The molecule has 0 aliphatic carbocycles. The highest BCUT2D eigenvalue weighted by atomic mass is 16.5. The van der Waals surface area contributed by atoms with E-state index in [0.717, 1.165) is 13.2 Å². The van der Waals surface area contributed by atoms with Crippen LogP contribution < -0.4 is 0 Å². The number of hydrogen-bond acceptors (Lipinski definition) is 3. The zero-order valence-corrected chi connectivity index (χ0v) is 13.3. The summed E-state index contributed by atoms with van der Waals surface area (Å²) < 4.78 is 5.72. The predicted octanol–water partition coefficient (Wildman–Crippen LogP) is 2.68. The summed E-state index contributed by atoms with van der Waals surface area (Å²) >= 11 is 0. The molecule has 1 aromatic carbocycles. The molecule has 0 bridgehead atoms. The normalized spacial score (nSPS) is 24.5. The van der Waals surface area contributed by atoms with E-state index < -0.39 is 0 Å². The van der Waals surface area contributed by atoms with Gasteiger partial charge in [0, 0.05) is 45.9 Å². The summed E-state index contributed by atoms with van der Waals surface area (Å²) in [5, 5.41) is 0. The molecule has 2 aliphatic rings. The Balaban J connectivity index is 1.38. The number of piperazine rings is 1. The van der Waals surface area contributed by atoms with Gasteiger partial charge in [0.25, 0.3) is 0 Å². The van der Waals surface area contributed by atoms with E-state index in [4.69, 9.17) is 4.74 Å². The van der Waals surface area contributed by atoms with Gasteiger partial charge in [-0.3, -0.25) is 4.90 Å². The molecule has 1 atom stereocenters. The third kappa shape index (κ3) is 4.53. The average molecular weight is 288 g/mol. The fourth-order valence-corrected chi connectivity index (χ4v) is 3.44. The van der Waals surface area contributed by atoms with Gasteiger partial charge < -0.3 is 9.64 Å². The number of benzene rings is 1. The van der Waals surface area contributed by atoms with Crippen LogP contribution >= 0.6 is 0 Å². The average Bonchev–Trinajstić information content (AvgIpc) is 3.00. The van der Waals surface area contributed by atoms with Gasteiger partial charge in [-0.2, -0.15) is 0 Å². The Morgan fingerprint density at radius 3 is 2.67 bits per heavy atom. The zero-order valence-electron chi connectivity index (χ0n) is 13.3. The van der Waals surface area contributed by atoms with Crippen LogP contribution in [0.25, 0.3) is 0 Å². The summed E-state index contributed by atoms with van der Waals surface area (Å²) in [4.78, 5) is 5.19. The lowest BCUT2D eigenvalue weighted by Crippen LogP contribution is -2.46. The fraction of sp³-hybridized carbons (Fsp3) is 0.667. The summed E-state index contributed by atoms with van der Waals surface area (Å²) in [6, 6.07) is 8.90. The first-order valence-electron chi connectivity index (χ1n) is 8.41. The molecule has 0 radical (unpaired) electrons. The van der Waals surface area contributed by atoms with Crippen molar-refractivity contribution in [1.29, 1.82) is 0 Å². The first-order chi connectivity index (χ1) is 10.3. The first kappa shape index (κ1) is 15.0. The van der Waals surface area contributed by atoms with Crippen LogP contribution in [-0.2, 0) is 11.3 Å². The minimum Gasteiger partial charge on any atom is -0.378 e. The van der Waals surface area contributed by atoms with Crippen LogP contribution in [-0.4, -0.2) is 55.2 Å². The standard InChI is InChI=1S/C18H28N2O/c1-16-4-2-5-17(14-16)15-20-11-9-19(10-12-20)8-7-18-6-3-13-21-18/h2,4-5,14,18H,3,6-13,15H2,1H3/t18-/m0/s1. The Bertz CT molecular complexity index is 435. The van der Waals surface area contributed by atoms with Crippen LogP contribution in [0.4, 0.5) is 0 Å². The maximum Gasteiger partial charge on any atom is 0.0588 e.